The number of para-hydroxylation sites is 1. The molecule has 5 heteroatoms. The third kappa shape index (κ3) is 4.05. The number of anilines is 3. The standard InChI is InChI=1S/C21H18N4O/c1-2-15-7-9-17(10-8-15)24-18-11-12-20(23-14-18)21(26)25-19-6-4-3-5-16(19)13-22/h3-12,14,24H,2H2,1H3,(H,25,26). The number of pyridine rings is 1. The third-order valence-electron chi connectivity index (χ3n) is 3.94. The fourth-order valence-corrected chi connectivity index (χ4v) is 2.47. The van der Waals surface area contributed by atoms with Gasteiger partial charge in [-0.1, -0.05) is 31.2 Å². The first kappa shape index (κ1) is 17.2. The summed E-state index contributed by atoms with van der Waals surface area (Å²) in [5.41, 5.74) is 4.20. The van der Waals surface area contributed by atoms with Gasteiger partial charge in [-0.2, -0.15) is 5.26 Å². The number of hydrogen-bond acceptors (Lipinski definition) is 4. The Morgan fingerprint density at radius 1 is 1.04 bits per heavy atom. The second kappa shape index (κ2) is 7.95. The molecule has 0 aliphatic rings. The summed E-state index contributed by atoms with van der Waals surface area (Å²) in [6, 6.07) is 20.5. The molecule has 0 bridgehead atoms. The molecule has 0 radical (unpaired) electrons. The van der Waals surface area contributed by atoms with Crippen LogP contribution < -0.4 is 10.6 Å². The summed E-state index contributed by atoms with van der Waals surface area (Å²) in [6.45, 7) is 2.12. The van der Waals surface area contributed by atoms with Gasteiger partial charge in [0, 0.05) is 5.69 Å². The minimum atomic E-state index is -0.355. The lowest BCUT2D eigenvalue weighted by Gasteiger charge is -2.09. The highest BCUT2D eigenvalue weighted by Crippen LogP contribution is 2.18. The molecule has 0 aliphatic heterocycles. The van der Waals surface area contributed by atoms with Crippen molar-refractivity contribution in [2.45, 2.75) is 13.3 Å². The molecule has 0 aliphatic carbocycles. The molecule has 0 fully saturated rings. The second-order valence-corrected chi connectivity index (χ2v) is 5.72. The van der Waals surface area contributed by atoms with Gasteiger partial charge in [-0.05, 0) is 48.4 Å². The Morgan fingerprint density at radius 2 is 1.77 bits per heavy atom. The summed E-state index contributed by atoms with van der Waals surface area (Å²) in [5, 5.41) is 15.1. The van der Waals surface area contributed by atoms with Gasteiger partial charge in [0.15, 0.2) is 0 Å². The molecule has 0 saturated heterocycles. The molecule has 1 aromatic heterocycles. The lowest BCUT2D eigenvalue weighted by Crippen LogP contribution is -2.14. The first-order chi connectivity index (χ1) is 12.7. The minimum Gasteiger partial charge on any atom is -0.354 e. The number of amides is 1. The fourth-order valence-electron chi connectivity index (χ4n) is 2.47. The molecule has 0 saturated carbocycles. The molecule has 3 aromatic rings. The smallest absolute Gasteiger partial charge is 0.274 e. The maximum atomic E-state index is 12.3. The van der Waals surface area contributed by atoms with Crippen LogP contribution in [0.1, 0.15) is 28.5 Å². The molecule has 1 amide bonds. The SMILES string of the molecule is CCc1ccc(Nc2ccc(C(=O)Nc3ccccc3C#N)nc2)cc1. The third-order valence-corrected chi connectivity index (χ3v) is 3.94. The molecule has 5 nitrogen and oxygen atoms in total. The van der Waals surface area contributed by atoms with Crippen molar-refractivity contribution in [3.8, 4) is 6.07 Å². The van der Waals surface area contributed by atoms with Gasteiger partial charge in [0.25, 0.3) is 5.91 Å². The lowest BCUT2D eigenvalue weighted by atomic mass is 10.1. The van der Waals surface area contributed by atoms with Gasteiger partial charge in [-0.25, -0.2) is 4.98 Å². The van der Waals surface area contributed by atoms with E-state index in [1.54, 1.807) is 42.6 Å². The van der Waals surface area contributed by atoms with Crippen LogP contribution in [0.4, 0.5) is 17.1 Å². The van der Waals surface area contributed by atoms with Gasteiger partial charge in [0.05, 0.1) is 23.1 Å². The topological polar surface area (TPSA) is 77.8 Å². The average molecular weight is 342 g/mol. The molecule has 2 N–H and O–H groups in total. The quantitative estimate of drug-likeness (QED) is 0.715. The van der Waals surface area contributed by atoms with E-state index in [9.17, 15) is 4.79 Å². The molecule has 0 atom stereocenters. The summed E-state index contributed by atoms with van der Waals surface area (Å²) in [6.07, 6.45) is 2.61. The van der Waals surface area contributed by atoms with E-state index in [-0.39, 0.29) is 11.6 Å². The van der Waals surface area contributed by atoms with E-state index in [0.717, 1.165) is 17.8 Å². The van der Waals surface area contributed by atoms with Crippen LogP contribution >= 0.6 is 0 Å². The van der Waals surface area contributed by atoms with Crippen molar-refractivity contribution in [1.82, 2.24) is 4.98 Å². The zero-order valence-corrected chi connectivity index (χ0v) is 14.4. The van der Waals surface area contributed by atoms with Crippen LogP contribution in [-0.2, 0) is 6.42 Å². The summed E-state index contributed by atoms with van der Waals surface area (Å²) in [5.74, 6) is -0.355. The number of nitriles is 1. The van der Waals surface area contributed by atoms with Crippen LogP contribution in [0.15, 0.2) is 66.9 Å². The highest BCUT2D eigenvalue weighted by atomic mass is 16.1. The van der Waals surface area contributed by atoms with Crippen LogP contribution in [0.5, 0.6) is 0 Å². The Morgan fingerprint density at radius 3 is 2.42 bits per heavy atom. The van der Waals surface area contributed by atoms with E-state index in [0.29, 0.717) is 11.3 Å². The van der Waals surface area contributed by atoms with Gasteiger partial charge in [-0.3, -0.25) is 4.79 Å². The van der Waals surface area contributed by atoms with Crippen LogP contribution in [0.2, 0.25) is 0 Å². The number of carbonyl (C=O) groups is 1. The number of nitrogens with zero attached hydrogens (tertiary/aromatic N) is 2. The van der Waals surface area contributed by atoms with Crippen molar-refractivity contribution in [2.75, 3.05) is 10.6 Å². The number of hydrogen-bond donors (Lipinski definition) is 2. The number of rotatable bonds is 5. The number of aryl methyl sites for hydroxylation is 1. The first-order valence-corrected chi connectivity index (χ1v) is 8.32. The Hall–Kier alpha value is -3.65. The number of nitrogens with one attached hydrogen (secondary N) is 2. The van der Waals surface area contributed by atoms with E-state index in [1.807, 2.05) is 12.1 Å². The van der Waals surface area contributed by atoms with E-state index >= 15 is 0 Å². The molecule has 26 heavy (non-hydrogen) atoms. The largest absolute Gasteiger partial charge is 0.354 e. The predicted octanol–water partition coefficient (Wildman–Crippen LogP) is 4.51. The molecule has 3 rings (SSSR count). The average Bonchev–Trinajstić information content (AvgIpc) is 2.69. The zero-order chi connectivity index (χ0) is 18.4. The zero-order valence-electron chi connectivity index (χ0n) is 14.4. The van der Waals surface area contributed by atoms with Crippen molar-refractivity contribution >= 4 is 23.0 Å². The summed E-state index contributed by atoms with van der Waals surface area (Å²) >= 11 is 0. The number of benzene rings is 2. The maximum Gasteiger partial charge on any atom is 0.274 e. The van der Waals surface area contributed by atoms with Crippen molar-refractivity contribution in [1.29, 1.82) is 5.26 Å². The normalized spacial score (nSPS) is 10.0. The van der Waals surface area contributed by atoms with Gasteiger partial charge < -0.3 is 10.6 Å². The van der Waals surface area contributed by atoms with Gasteiger partial charge in [-0.15, -0.1) is 0 Å². The van der Waals surface area contributed by atoms with E-state index in [4.69, 9.17) is 5.26 Å². The summed E-state index contributed by atoms with van der Waals surface area (Å²) in [7, 11) is 0. The Balaban J connectivity index is 1.68. The molecule has 128 valence electrons. The van der Waals surface area contributed by atoms with E-state index in [2.05, 4.69) is 40.7 Å². The molecule has 0 unspecified atom stereocenters. The molecular weight excluding hydrogens is 324 g/mol. The van der Waals surface area contributed by atoms with Crippen LogP contribution in [0.3, 0.4) is 0 Å². The molecule has 0 spiro atoms. The highest BCUT2D eigenvalue weighted by molar-refractivity contribution is 6.03. The van der Waals surface area contributed by atoms with E-state index < -0.39 is 0 Å². The highest BCUT2D eigenvalue weighted by Gasteiger charge is 2.10. The maximum absolute atomic E-state index is 12.3. The lowest BCUT2D eigenvalue weighted by molar-refractivity contribution is 0.102. The van der Waals surface area contributed by atoms with Crippen molar-refractivity contribution in [3.63, 3.8) is 0 Å². The monoisotopic (exact) mass is 342 g/mol. The molecular formula is C21H18N4O. The second-order valence-electron chi connectivity index (χ2n) is 5.72. The number of aromatic nitrogens is 1. The van der Waals surface area contributed by atoms with Gasteiger partial charge in [0.2, 0.25) is 0 Å². The predicted molar refractivity (Wildman–Crippen MR) is 102 cm³/mol. The first-order valence-electron chi connectivity index (χ1n) is 8.32. The minimum absolute atomic E-state index is 0.282. The van der Waals surface area contributed by atoms with E-state index in [1.165, 1.54) is 5.56 Å². The van der Waals surface area contributed by atoms with Crippen LogP contribution in [0, 0.1) is 11.3 Å². The van der Waals surface area contributed by atoms with Gasteiger partial charge >= 0.3 is 0 Å². The Kier molecular flexibility index (Phi) is 5.25. The van der Waals surface area contributed by atoms with Crippen LogP contribution in [0.25, 0.3) is 0 Å². The fraction of sp³-hybridized carbons (Fsp3) is 0.0952. The Labute approximate surface area is 152 Å². The molecule has 1 heterocycles. The van der Waals surface area contributed by atoms with Gasteiger partial charge in [0.1, 0.15) is 11.8 Å². The number of carbonyl (C=O) groups excluding carboxylic acids is 1. The van der Waals surface area contributed by atoms with Crippen molar-refractivity contribution < 1.29 is 4.79 Å². The molecule has 2 aromatic carbocycles. The van der Waals surface area contributed by atoms with Crippen LogP contribution in [-0.4, -0.2) is 10.9 Å². The summed E-state index contributed by atoms with van der Waals surface area (Å²) < 4.78 is 0. The Bertz CT molecular complexity index is 941. The van der Waals surface area contributed by atoms with Crippen molar-refractivity contribution in [3.05, 3.63) is 83.7 Å². The van der Waals surface area contributed by atoms with Crippen molar-refractivity contribution in [2.24, 2.45) is 0 Å². The summed E-state index contributed by atoms with van der Waals surface area (Å²) in [4.78, 5) is 16.5.